The van der Waals surface area contributed by atoms with Crippen LogP contribution in [0.25, 0.3) is 10.2 Å². The standard InChI is InChI=1S/C23H22FN3O3S2/c1-3-13-27-21-19(24)5-4-6-20(21)31-23(27)25-22(28)17-11-14-26(15-12-17)32(29,30)18-9-7-16(2)8-10-18/h1,4-10,17H,11-15H2,2H3. The average Bonchev–Trinajstić information content (AvgIpc) is 3.12. The largest absolute Gasteiger partial charge is 0.302 e. The minimum Gasteiger partial charge on any atom is -0.302 e. The number of thiazole rings is 1. The zero-order valence-corrected chi connectivity index (χ0v) is 19.1. The van der Waals surface area contributed by atoms with Crippen LogP contribution in [0.2, 0.25) is 0 Å². The number of fused-ring (bicyclic) bond motifs is 1. The van der Waals surface area contributed by atoms with Gasteiger partial charge in [-0.2, -0.15) is 9.30 Å². The molecule has 1 aliphatic heterocycles. The van der Waals surface area contributed by atoms with Gasteiger partial charge in [-0.1, -0.05) is 41.0 Å². The normalized spacial score (nSPS) is 16.3. The van der Waals surface area contributed by atoms with E-state index in [4.69, 9.17) is 6.42 Å². The molecule has 0 N–H and O–H groups in total. The van der Waals surface area contributed by atoms with Gasteiger partial charge >= 0.3 is 0 Å². The Labute approximate surface area is 190 Å². The van der Waals surface area contributed by atoms with Gasteiger partial charge in [-0.15, -0.1) is 6.42 Å². The minimum atomic E-state index is -3.60. The van der Waals surface area contributed by atoms with E-state index in [1.807, 2.05) is 6.92 Å². The van der Waals surface area contributed by atoms with Gasteiger partial charge in [-0.25, -0.2) is 12.8 Å². The Morgan fingerprint density at radius 2 is 1.91 bits per heavy atom. The van der Waals surface area contributed by atoms with Crippen LogP contribution < -0.4 is 4.80 Å². The van der Waals surface area contributed by atoms with Crippen molar-refractivity contribution in [2.24, 2.45) is 10.9 Å². The van der Waals surface area contributed by atoms with Gasteiger partial charge in [-0.3, -0.25) is 4.79 Å². The molecule has 4 rings (SSSR count). The fourth-order valence-corrected chi connectivity index (χ4v) is 6.32. The number of sulfonamides is 1. The van der Waals surface area contributed by atoms with Crippen molar-refractivity contribution < 1.29 is 17.6 Å². The van der Waals surface area contributed by atoms with Crippen molar-refractivity contribution >= 4 is 37.5 Å². The number of aromatic nitrogens is 1. The fourth-order valence-electron chi connectivity index (χ4n) is 3.80. The maximum atomic E-state index is 14.3. The molecular weight excluding hydrogens is 449 g/mol. The Kier molecular flexibility index (Phi) is 6.29. The molecular formula is C23H22FN3O3S2. The van der Waals surface area contributed by atoms with E-state index >= 15 is 0 Å². The van der Waals surface area contributed by atoms with Crippen LogP contribution in [-0.2, 0) is 21.4 Å². The van der Waals surface area contributed by atoms with Crippen molar-refractivity contribution in [2.45, 2.75) is 31.2 Å². The van der Waals surface area contributed by atoms with Crippen LogP contribution in [0.4, 0.5) is 4.39 Å². The molecule has 1 aliphatic rings. The van der Waals surface area contributed by atoms with Crippen molar-refractivity contribution in [3.63, 3.8) is 0 Å². The number of rotatable bonds is 4. The van der Waals surface area contributed by atoms with E-state index in [1.165, 1.54) is 26.3 Å². The number of piperidine rings is 1. The van der Waals surface area contributed by atoms with E-state index in [-0.39, 0.29) is 30.4 Å². The van der Waals surface area contributed by atoms with E-state index in [0.717, 1.165) is 5.56 Å². The molecule has 6 nitrogen and oxygen atoms in total. The smallest absolute Gasteiger partial charge is 0.251 e. The van der Waals surface area contributed by atoms with Crippen LogP contribution in [0.5, 0.6) is 0 Å². The second kappa shape index (κ2) is 8.98. The molecule has 166 valence electrons. The maximum Gasteiger partial charge on any atom is 0.251 e. The van der Waals surface area contributed by atoms with Gasteiger partial charge in [-0.05, 0) is 44.0 Å². The molecule has 0 bridgehead atoms. The number of nitrogens with zero attached hydrogens (tertiary/aromatic N) is 3. The van der Waals surface area contributed by atoms with Crippen LogP contribution in [0.3, 0.4) is 0 Å². The Hall–Kier alpha value is -2.80. The summed E-state index contributed by atoms with van der Waals surface area (Å²) in [5, 5.41) is 0. The predicted molar refractivity (Wildman–Crippen MR) is 122 cm³/mol. The quantitative estimate of drug-likeness (QED) is 0.548. The number of carbonyl (C=O) groups excluding carboxylic acids is 1. The first kappa shape index (κ1) is 22.4. The number of hydrogen-bond acceptors (Lipinski definition) is 4. The van der Waals surface area contributed by atoms with Crippen molar-refractivity contribution in [3.8, 4) is 12.3 Å². The molecule has 0 spiro atoms. The highest BCUT2D eigenvalue weighted by atomic mass is 32.2. The summed E-state index contributed by atoms with van der Waals surface area (Å²) >= 11 is 1.21. The summed E-state index contributed by atoms with van der Waals surface area (Å²) in [5.74, 6) is 1.33. The van der Waals surface area contributed by atoms with Crippen molar-refractivity contribution in [1.82, 2.24) is 8.87 Å². The van der Waals surface area contributed by atoms with Gasteiger partial charge in [0, 0.05) is 19.0 Å². The Morgan fingerprint density at radius 1 is 1.22 bits per heavy atom. The lowest BCUT2D eigenvalue weighted by Gasteiger charge is -2.29. The number of halogens is 1. The Morgan fingerprint density at radius 3 is 2.56 bits per heavy atom. The lowest BCUT2D eigenvalue weighted by atomic mass is 9.98. The lowest BCUT2D eigenvalue weighted by Crippen LogP contribution is -2.40. The van der Waals surface area contributed by atoms with E-state index in [1.54, 1.807) is 36.4 Å². The second-order valence-corrected chi connectivity index (χ2v) is 10.6. The second-order valence-electron chi connectivity index (χ2n) is 7.70. The first-order valence-electron chi connectivity index (χ1n) is 10.2. The summed E-state index contributed by atoms with van der Waals surface area (Å²) in [5.41, 5.74) is 1.32. The highest BCUT2D eigenvalue weighted by Crippen LogP contribution is 2.25. The molecule has 0 aliphatic carbocycles. The molecule has 0 unspecified atom stereocenters. The Bertz CT molecular complexity index is 1370. The SMILES string of the molecule is C#CCn1c(=NC(=O)C2CCN(S(=O)(=O)c3ccc(C)cc3)CC2)sc2cccc(F)c21. The number of aryl methyl sites for hydroxylation is 1. The molecule has 1 aromatic heterocycles. The van der Waals surface area contributed by atoms with Crippen LogP contribution >= 0.6 is 11.3 Å². The van der Waals surface area contributed by atoms with E-state index in [2.05, 4.69) is 10.9 Å². The van der Waals surface area contributed by atoms with Gasteiger partial charge in [0.2, 0.25) is 10.0 Å². The highest BCUT2D eigenvalue weighted by Gasteiger charge is 2.32. The zero-order chi connectivity index (χ0) is 22.9. The van der Waals surface area contributed by atoms with Crippen molar-refractivity contribution in [2.75, 3.05) is 13.1 Å². The van der Waals surface area contributed by atoms with Crippen molar-refractivity contribution in [3.05, 3.63) is 58.6 Å². The molecule has 2 heterocycles. The third kappa shape index (κ3) is 4.26. The average molecular weight is 472 g/mol. The van der Waals surface area contributed by atoms with Crippen LogP contribution in [-0.4, -0.2) is 36.3 Å². The summed E-state index contributed by atoms with van der Waals surface area (Å²) < 4.78 is 43.7. The third-order valence-corrected chi connectivity index (χ3v) is 8.53. The number of hydrogen-bond donors (Lipinski definition) is 0. The summed E-state index contributed by atoms with van der Waals surface area (Å²) in [6.45, 7) is 2.48. The molecule has 2 aromatic carbocycles. The summed E-state index contributed by atoms with van der Waals surface area (Å²) in [6.07, 6.45) is 6.19. The van der Waals surface area contributed by atoms with Crippen LogP contribution in [0.15, 0.2) is 52.4 Å². The van der Waals surface area contributed by atoms with Crippen LogP contribution in [0, 0.1) is 31.0 Å². The number of amides is 1. The molecule has 1 amide bonds. The number of terminal acetylenes is 1. The van der Waals surface area contributed by atoms with Gasteiger partial charge in [0.25, 0.3) is 5.91 Å². The number of carbonyl (C=O) groups is 1. The minimum absolute atomic E-state index is 0.0975. The number of para-hydroxylation sites is 1. The molecule has 9 heteroatoms. The molecule has 0 atom stereocenters. The lowest BCUT2D eigenvalue weighted by molar-refractivity contribution is -0.122. The summed E-state index contributed by atoms with van der Waals surface area (Å²) in [7, 11) is -3.60. The van der Waals surface area contributed by atoms with E-state index in [0.29, 0.717) is 27.9 Å². The highest BCUT2D eigenvalue weighted by molar-refractivity contribution is 7.89. The zero-order valence-electron chi connectivity index (χ0n) is 17.5. The van der Waals surface area contributed by atoms with E-state index in [9.17, 15) is 17.6 Å². The van der Waals surface area contributed by atoms with Gasteiger partial charge in [0.05, 0.1) is 21.7 Å². The van der Waals surface area contributed by atoms with E-state index < -0.39 is 21.8 Å². The Balaban J connectivity index is 1.54. The first-order chi connectivity index (χ1) is 15.3. The molecule has 32 heavy (non-hydrogen) atoms. The number of benzene rings is 2. The molecule has 1 saturated heterocycles. The summed E-state index contributed by atoms with van der Waals surface area (Å²) in [4.78, 5) is 17.7. The van der Waals surface area contributed by atoms with Gasteiger partial charge in [0.1, 0.15) is 5.82 Å². The third-order valence-electron chi connectivity index (χ3n) is 5.57. The van der Waals surface area contributed by atoms with Crippen molar-refractivity contribution in [1.29, 1.82) is 0 Å². The topological polar surface area (TPSA) is 71.7 Å². The first-order valence-corrected chi connectivity index (χ1v) is 12.4. The molecule has 1 fully saturated rings. The monoisotopic (exact) mass is 471 g/mol. The molecule has 0 saturated carbocycles. The maximum absolute atomic E-state index is 14.3. The fraction of sp³-hybridized carbons (Fsp3) is 0.304. The van der Waals surface area contributed by atoms with Gasteiger partial charge < -0.3 is 4.57 Å². The van der Waals surface area contributed by atoms with Crippen LogP contribution in [0.1, 0.15) is 18.4 Å². The summed E-state index contributed by atoms with van der Waals surface area (Å²) in [6, 6.07) is 11.4. The molecule has 0 radical (unpaired) electrons. The molecule has 3 aromatic rings. The van der Waals surface area contributed by atoms with Gasteiger partial charge in [0.15, 0.2) is 4.80 Å². The predicted octanol–water partition coefficient (Wildman–Crippen LogP) is 3.31.